The largest absolute Gasteiger partial charge is 0.486 e. The molecule has 0 unspecified atom stereocenters. The number of benzene rings is 1. The number of carboxylic acid groups (broad SMARTS) is 1. The van der Waals surface area contributed by atoms with Crippen LogP contribution in [0.5, 0.6) is 5.75 Å². The first-order valence-electron chi connectivity index (χ1n) is 5.31. The third-order valence-corrected chi connectivity index (χ3v) is 2.28. The molecule has 0 aromatic heterocycles. The molecule has 0 aliphatic carbocycles. The molecule has 0 aliphatic rings. The standard InChI is InChI=1S/C11H12N2O6/c1-12-9(14)5-6-19-10-7(11(15)16)3-2-4-8(10)13(17)18/h2-4H,5-6H2,1H3,(H,12,14)(H,15,16). The fourth-order valence-electron chi connectivity index (χ4n) is 1.36. The second-order valence-electron chi connectivity index (χ2n) is 3.49. The van der Waals surface area contributed by atoms with Crippen molar-refractivity contribution in [3.05, 3.63) is 33.9 Å². The van der Waals surface area contributed by atoms with Gasteiger partial charge in [0.15, 0.2) is 0 Å². The molecule has 0 aliphatic heterocycles. The lowest BCUT2D eigenvalue weighted by Gasteiger charge is -2.08. The summed E-state index contributed by atoms with van der Waals surface area (Å²) in [4.78, 5) is 32.0. The average molecular weight is 268 g/mol. The molecule has 1 aromatic rings. The SMILES string of the molecule is CNC(=O)CCOc1c(C(=O)O)cccc1[N+](=O)[O-]. The number of aromatic carboxylic acids is 1. The topological polar surface area (TPSA) is 119 Å². The quantitative estimate of drug-likeness (QED) is 0.582. The van der Waals surface area contributed by atoms with Gasteiger partial charge in [-0.25, -0.2) is 4.79 Å². The Kier molecular flexibility index (Phi) is 4.81. The van der Waals surface area contributed by atoms with Gasteiger partial charge in [0, 0.05) is 13.1 Å². The number of carbonyl (C=O) groups is 2. The van der Waals surface area contributed by atoms with E-state index >= 15 is 0 Å². The average Bonchev–Trinajstić information content (AvgIpc) is 2.37. The molecule has 0 spiro atoms. The van der Waals surface area contributed by atoms with Crippen LogP contribution in [0.1, 0.15) is 16.8 Å². The van der Waals surface area contributed by atoms with Crippen LogP contribution in [-0.2, 0) is 4.79 Å². The van der Waals surface area contributed by atoms with Crippen LogP contribution < -0.4 is 10.1 Å². The minimum Gasteiger partial charge on any atom is -0.486 e. The summed E-state index contributed by atoms with van der Waals surface area (Å²) in [5.74, 6) is -1.99. The molecule has 0 saturated carbocycles. The number of carboxylic acids is 1. The smallest absolute Gasteiger partial charge is 0.339 e. The van der Waals surface area contributed by atoms with Crippen molar-refractivity contribution in [2.24, 2.45) is 0 Å². The number of nitro benzene ring substituents is 1. The lowest BCUT2D eigenvalue weighted by molar-refractivity contribution is -0.385. The van der Waals surface area contributed by atoms with Gasteiger partial charge in [0.05, 0.1) is 18.0 Å². The number of rotatable bonds is 6. The van der Waals surface area contributed by atoms with Crippen LogP contribution in [0.3, 0.4) is 0 Å². The van der Waals surface area contributed by atoms with Crippen molar-refractivity contribution >= 4 is 17.6 Å². The molecule has 1 aromatic carbocycles. The van der Waals surface area contributed by atoms with Gasteiger partial charge in [0.2, 0.25) is 11.7 Å². The van der Waals surface area contributed by atoms with E-state index in [-0.39, 0.29) is 30.2 Å². The molecule has 19 heavy (non-hydrogen) atoms. The number of ether oxygens (including phenoxy) is 1. The molecule has 0 saturated heterocycles. The summed E-state index contributed by atoms with van der Waals surface area (Å²) in [6.45, 7) is -0.148. The normalized spacial score (nSPS) is 9.74. The molecule has 0 atom stereocenters. The third-order valence-electron chi connectivity index (χ3n) is 2.28. The summed E-state index contributed by atoms with van der Waals surface area (Å²) in [6.07, 6.45) is -0.0262. The summed E-state index contributed by atoms with van der Waals surface area (Å²) < 4.78 is 5.08. The van der Waals surface area contributed by atoms with E-state index in [1.165, 1.54) is 19.2 Å². The second kappa shape index (κ2) is 6.34. The highest BCUT2D eigenvalue weighted by atomic mass is 16.6. The second-order valence-corrected chi connectivity index (χ2v) is 3.49. The fraction of sp³-hybridized carbons (Fsp3) is 0.273. The van der Waals surface area contributed by atoms with E-state index in [1.54, 1.807) is 0 Å². The maximum absolute atomic E-state index is 11.0. The van der Waals surface area contributed by atoms with Crippen molar-refractivity contribution in [3.63, 3.8) is 0 Å². The minimum atomic E-state index is -1.33. The lowest BCUT2D eigenvalue weighted by Crippen LogP contribution is -2.20. The van der Waals surface area contributed by atoms with Crippen molar-refractivity contribution in [1.29, 1.82) is 0 Å². The summed E-state index contributed by atoms with van der Waals surface area (Å²) in [6, 6.07) is 3.60. The monoisotopic (exact) mass is 268 g/mol. The van der Waals surface area contributed by atoms with Gasteiger partial charge in [-0.3, -0.25) is 14.9 Å². The van der Waals surface area contributed by atoms with Crippen LogP contribution >= 0.6 is 0 Å². The molecule has 0 bridgehead atoms. The number of nitrogens with zero attached hydrogens (tertiary/aromatic N) is 1. The van der Waals surface area contributed by atoms with Crippen molar-refractivity contribution in [2.75, 3.05) is 13.7 Å². The van der Waals surface area contributed by atoms with Crippen molar-refractivity contribution < 1.29 is 24.4 Å². The Hall–Kier alpha value is -2.64. The zero-order chi connectivity index (χ0) is 14.4. The van der Waals surface area contributed by atoms with Gasteiger partial charge in [0.25, 0.3) is 0 Å². The first kappa shape index (κ1) is 14.4. The first-order valence-corrected chi connectivity index (χ1v) is 5.31. The van der Waals surface area contributed by atoms with Gasteiger partial charge in [-0.15, -0.1) is 0 Å². The number of para-hydroxylation sites is 1. The van der Waals surface area contributed by atoms with Crippen LogP contribution in [0.15, 0.2) is 18.2 Å². The van der Waals surface area contributed by atoms with E-state index in [9.17, 15) is 19.7 Å². The molecule has 0 radical (unpaired) electrons. The molecule has 102 valence electrons. The van der Waals surface area contributed by atoms with Crippen LogP contribution in [-0.4, -0.2) is 35.6 Å². The van der Waals surface area contributed by atoms with Gasteiger partial charge < -0.3 is 15.2 Å². The highest BCUT2D eigenvalue weighted by Crippen LogP contribution is 2.30. The molecular weight excluding hydrogens is 256 g/mol. The minimum absolute atomic E-state index is 0.0262. The molecule has 8 heteroatoms. The summed E-state index contributed by atoms with van der Waals surface area (Å²) in [5, 5.41) is 22.1. The van der Waals surface area contributed by atoms with Gasteiger partial charge in [-0.1, -0.05) is 6.07 Å². The number of nitrogens with one attached hydrogen (secondary N) is 1. The number of carbonyl (C=O) groups excluding carboxylic acids is 1. The molecule has 8 nitrogen and oxygen atoms in total. The van der Waals surface area contributed by atoms with Crippen LogP contribution in [0.2, 0.25) is 0 Å². The third kappa shape index (κ3) is 3.66. The number of amides is 1. The maximum atomic E-state index is 11.0. The molecule has 1 amide bonds. The van der Waals surface area contributed by atoms with Crippen LogP contribution in [0.25, 0.3) is 0 Å². The van der Waals surface area contributed by atoms with E-state index < -0.39 is 16.6 Å². The van der Waals surface area contributed by atoms with E-state index in [4.69, 9.17) is 9.84 Å². The van der Waals surface area contributed by atoms with Crippen molar-refractivity contribution in [3.8, 4) is 5.75 Å². The maximum Gasteiger partial charge on any atom is 0.339 e. The van der Waals surface area contributed by atoms with E-state index in [2.05, 4.69) is 5.32 Å². The number of hydrogen-bond donors (Lipinski definition) is 2. The molecular formula is C11H12N2O6. The zero-order valence-electron chi connectivity index (χ0n) is 10.1. The fourth-order valence-corrected chi connectivity index (χ4v) is 1.36. The molecule has 2 N–H and O–H groups in total. The Morgan fingerprint density at radius 1 is 1.47 bits per heavy atom. The van der Waals surface area contributed by atoms with Gasteiger partial charge in [-0.2, -0.15) is 0 Å². The van der Waals surface area contributed by atoms with Crippen LogP contribution in [0, 0.1) is 10.1 Å². The summed E-state index contributed by atoms with van der Waals surface area (Å²) >= 11 is 0. The molecule has 1 rings (SSSR count). The van der Waals surface area contributed by atoms with E-state index in [1.807, 2.05) is 0 Å². The highest BCUT2D eigenvalue weighted by molar-refractivity contribution is 5.92. The van der Waals surface area contributed by atoms with Gasteiger partial charge in [-0.05, 0) is 6.07 Å². The summed E-state index contributed by atoms with van der Waals surface area (Å²) in [5.41, 5.74) is -0.761. The zero-order valence-corrected chi connectivity index (χ0v) is 10.1. The van der Waals surface area contributed by atoms with Crippen molar-refractivity contribution in [1.82, 2.24) is 5.32 Å². The predicted molar refractivity (Wildman–Crippen MR) is 64.2 cm³/mol. The van der Waals surface area contributed by atoms with Gasteiger partial charge >= 0.3 is 11.7 Å². The van der Waals surface area contributed by atoms with E-state index in [0.717, 1.165) is 6.07 Å². The van der Waals surface area contributed by atoms with Gasteiger partial charge in [0.1, 0.15) is 5.56 Å². The van der Waals surface area contributed by atoms with Crippen LogP contribution in [0.4, 0.5) is 5.69 Å². The number of nitro groups is 1. The molecule has 0 fully saturated rings. The Morgan fingerprint density at radius 2 is 2.16 bits per heavy atom. The van der Waals surface area contributed by atoms with Crippen molar-refractivity contribution in [2.45, 2.75) is 6.42 Å². The summed E-state index contributed by atoms with van der Waals surface area (Å²) in [7, 11) is 1.44. The number of hydrogen-bond acceptors (Lipinski definition) is 5. The predicted octanol–water partition coefficient (Wildman–Crippen LogP) is 0.808. The first-order chi connectivity index (χ1) is 8.97. The Bertz CT molecular complexity index is 482. The highest BCUT2D eigenvalue weighted by Gasteiger charge is 2.22. The Balaban J connectivity index is 2.98. The molecule has 0 heterocycles. The Morgan fingerprint density at radius 3 is 2.68 bits per heavy atom. The lowest BCUT2D eigenvalue weighted by atomic mass is 10.1. The van der Waals surface area contributed by atoms with E-state index in [0.29, 0.717) is 0 Å². The Labute approximate surface area is 108 Å².